The first-order valence-corrected chi connectivity index (χ1v) is 7.93. The van der Waals surface area contributed by atoms with Crippen LogP contribution in [0.25, 0.3) is 0 Å². The maximum atomic E-state index is 10.1. The molecule has 2 aromatic rings. The zero-order valence-electron chi connectivity index (χ0n) is 10.3. The molecule has 19 heavy (non-hydrogen) atoms. The molecule has 0 saturated carbocycles. The fourth-order valence-corrected chi connectivity index (χ4v) is 3.35. The molecule has 1 aromatic carbocycles. The molecule has 1 aromatic heterocycles. The number of rotatable bonds is 5. The Morgan fingerprint density at radius 3 is 2.84 bits per heavy atom. The van der Waals surface area contributed by atoms with E-state index in [0.717, 1.165) is 9.35 Å². The van der Waals surface area contributed by atoms with Crippen molar-refractivity contribution in [2.45, 2.75) is 25.6 Å². The predicted octanol–water partition coefficient (Wildman–Crippen LogP) is 4.53. The van der Waals surface area contributed by atoms with Crippen molar-refractivity contribution in [3.05, 3.63) is 50.1 Å². The van der Waals surface area contributed by atoms with E-state index in [1.807, 2.05) is 30.5 Å². The molecule has 0 saturated heterocycles. The summed E-state index contributed by atoms with van der Waals surface area (Å²) in [6.07, 6.45) is -0.262. The van der Waals surface area contributed by atoms with Crippen molar-refractivity contribution >= 4 is 38.9 Å². The zero-order chi connectivity index (χ0) is 13.8. The maximum Gasteiger partial charge on any atom is 0.122 e. The largest absolute Gasteiger partial charge is 0.488 e. The van der Waals surface area contributed by atoms with Crippen molar-refractivity contribution in [2.75, 3.05) is 0 Å². The van der Waals surface area contributed by atoms with Gasteiger partial charge in [0.1, 0.15) is 11.9 Å². The summed E-state index contributed by atoms with van der Waals surface area (Å²) in [4.78, 5) is 1.13. The van der Waals surface area contributed by atoms with Gasteiger partial charge in [0, 0.05) is 26.2 Å². The smallest absolute Gasteiger partial charge is 0.122 e. The Labute approximate surface area is 130 Å². The zero-order valence-corrected chi connectivity index (χ0v) is 13.5. The van der Waals surface area contributed by atoms with Crippen molar-refractivity contribution in [2.24, 2.45) is 0 Å². The van der Waals surface area contributed by atoms with Crippen LogP contribution in [-0.4, -0.2) is 17.3 Å². The second-order valence-electron chi connectivity index (χ2n) is 4.28. The molecule has 2 nitrogen and oxygen atoms in total. The summed E-state index contributed by atoms with van der Waals surface area (Å²) in [5.74, 6) is 0.673. The van der Waals surface area contributed by atoms with Gasteiger partial charge in [-0.1, -0.05) is 17.7 Å². The lowest BCUT2D eigenvalue weighted by Crippen LogP contribution is -2.30. The van der Waals surface area contributed by atoms with Gasteiger partial charge >= 0.3 is 0 Å². The molecule has 0 spiro atoms. The fourth-order valence-electron chi connectivity index (χ4n) is 1.67. The number of hydrogen-bond acceptors (Lipinski definition) is 3. The molecule has 2 atom stereocenters. The third-order valence-electron chi connectivity index (χ3n) is 2.69. The van der Waals surface area contributed by atoms with Gasteiger partial charge in [-0.2, -0.15) is 0 Å². The van der Waals surface area contributed by atoms with E-state index >= 15 is 0 Å². The monoisotopic (exact) mass is 360 g/mol. The van der Waals surface area contributed by atoms with Crippen LogP contribution < -0.4 is 4.74 Å². The van der Waals surface area contributed by atoms with Crippen molar-refractivity contribution in [3.63, 3.8) is 0 Å². The molecule has 1 heterocycles. The number of aliphatic hydroxyl groups excluding tert-OH is 1. The van der Waals surface area contributed by atoms with E-state index in [4.69, 9.17) is 16.3 Å². The summed E-state index contributed by atoms with van der Waals surface area (Å²) in [6.45, 7) is 1.86. The van der Waals surface area contributed by atoms with Crippen LogP contribution in [0.4, 0.5) is 0 Å². The van der Waals surface area contributed by atoms with Crippen molar-refractivity contribution in [1.82, 2.24) is 0 Å². The van der Waals surface area contributed by atoms with Crippen LogP contribution in [0.3, 0.4) is 0 Å². The molecule has 0 aliphatic carbocycles. The number of hydrogen-bond donors (Lipinski definition) is 1. The molecule has 5 heteroatoms. The standard InChI is InChI=1S/C14H14BrClO2S/c1-9(18-12-4-2-3-11(16)6-12)14(17)7-13-5-10(15)8-19-13/h2-6,8-9,14,17H,7H2,1H3. The lowest BCUT2D eigenvalue weighted by molar-refractivity contribution is 0.0484. The van der Waals surface area contributed by atoms with Gasteiger partial charge in [-0.25, -0.2) is 0 Å². The highest BCUT2D eigenvalue weighted by atomic mass is 79.9. The third kappa shape index (κ3) is 4.49. The van der Waals surface area contributed by atoms with Gasteiger partial charge in [0.15, 0.2) is 0 Å². The highest BCUT2D eigenvalue weighted by molar-refractivity contribution is 9.10. The second-order valence-corrected chi connectivity index (χ2v) is 6.63. The van der Waals surface area contributed by atoms with Gasteiger partial charge in [0.25, 0.3) is 0 Å². The Kier molecular flexibility index (Phi) is 5.28. The molecule has 0 aliphatic rings. The summed E-state index contributed by atoms with van der Waals surface area (Å²) in [5, 5.41) is 12.8. The highest BCUT2D eigenvalue weighted by Crippen LogP contribution is 2.23. The van der Waals surface area contributed by atoms with E-state index < -0.39 is 6.10 Å². The first-order chi connectivity index (χ1) is 9.04. The molecule has 102 valence electrons. The number of aliphatic hydroxyl groups is 1. The lowest BCUT2D eigenvalue weighted by atomic mass is 10.1. The van der Waals surface area contributed by atoms with Gasteiger partial charge < -0.3 is 9.84 Å². The van der Waals surface area contributed by atoms with Crippen LogP contribution in [0, 0.1) is 0 Å². The first kappa shape index (κ1) is 14.9. The Morgan fingerprint density at radius 1 is 1.42 bits per heavy atom. The van der Waals surface area contributed by atoms with Crippen molar-refractivity contribution in [3.8, 4) is 5.75 Å². The second kappa shape index (κ2) is 6.75. The number of ether oxygens (including phenoxy) is 1. The van der Waals surface area contributed by atoms with Gasteiger partial charge in [0.05, 0.1) is 6.10 Å². The normalized spacial score (nSPS) is 14.1. The van der Waals surface area contributed by atoms with Crippen LogP contribution in [0.5, 0.6) is 5.75 Å². The van der Waals surface area contributed by atoms with Crippen LogP contribution >= 0.6 is 38.9 Å². The summed E-state index contributed by atoms with van der Waals surface area (Å²) in [6, 6.07) is 9.20. The van der Waals surface area contributed by atoms with E-state index in [1.165, 1.54) is 0 Å². The van der Waals surface area contributed by atoms with E-state index in [0.29, 0.717) is 17.2 Å². The van der Waals surface area contributed by atoms with Gasteiger partial charge in [-0.15, -0.1) is 11.3 Å². The number of benzene rings is 1. The van der Waals surface area contributed by atoms with Gasteiger partial charge in [-0.3, -0.25) is 0 Å². The average molecular weight is 362 g/mol. The molecule has 1 N–H and O–H groups in total. The van der Waals surface area contributed by atoms with Crippen LogP contribution in [0.1, 0.15) is 11.8 Å². The van der Waals surface area contributed by atoms with E-state index in [9.17, 15) is 5.11 Å². The average Bonchev–Trinajstić information content (AvgIpc) is 2.74. The quantitative estimate of drug-likeness (QED) is 0.847. The molecule has 0 bridgehead atoms. The van der Waals surface area contributed by atoms with Crippen molar-refractivity contribution in [1.29, 1.82) is 0 Å². The van der Waals surface area contributed by atoms with Crippen LogP contribution in [0.15, 0.2) is 40.2 Å². The highest BCUT2D eigenvalue weighted by Gasteiger charge is 2.17. The molecule has 0 fully saturated rings. The fraction of sp³-hybridized carbons (Fsp3) is 0.286. The molecule has 2 rings (SSSR count). The molecular weight excluding hydrogens is 348 g/mol. The molecule has 0 aliphatic heterocycles. The molecular formula is C14H14BrClO2S. The predicted molar refractivity (Wildman–Crippen MR) is 83.3 cm³/mol. The van der Waals surface area contributed by atoms with Gasteiger partial charge in [0.2, 0.25) is 0 Å². The topological polar surface area (TPSA) is 29.5 Å². The summed E-state index contributed by atoms with van der Waals surface area (Å²) in [7, 11) is 0. The Balaban J connectivity index is 1.93. The van der Waals surface area contributed by atoms with E-state index in [-0.39, 0.29) is 6.10 Å². The Bertz CT molecular complexity index is 544. The van der Waals surface area contributed by atoms with Gasteiger partial charge in [-0.05, 0) is 47.1 Å². The van der Waals surface area contributed by atoms with Crippen LogP contribution in [-0.2, 0) is 6.42 Å². The summed E-state index contributed by atoms with van der Waals surface area (Å²) in [5.41, 5.74) is 0. The summed E-state index contributed by atoms with van der Waals surface area (Å²) >= 11 is 10.9. The summed E-state index contributed by atoms with van der Waals surface area (Å²) < 4.78 is 6.74. The Morgan fingerprint density at radius 2 is 2.21 bits per heavy atom. The number of thiophene rings is 1. The lowest BCUT2D eigenvalue weighted by Gasteiger charge is -2.20. The maximum absolute atomic E-state index is 10.1. The molecule has 0 amide bonds. The Hall–Kier alpha value is -0.550. The third-order valence-corrected chi connectivity index (χ3v) is 4.65. The van der Waals surface area contributed by atoms with E-state index in [2.05, 4.69) is 15.9 Å². The van der Waals surface area contributed by atoms with Crippen LogP contribution in [0.2, 0.25) is 5.02 Å². The minimum absolute atomic E-state index is 0.292. The minimum atomic E-state index is -0.551. The molecule has 2 unspecified atom stereocenters. The minimum Gasteiger partial charge on any atom is -0.488 e. The van der Waals surface area contributed by atoms with Crippen molar-refractivity contribution < 1.29 is 9.84 Å². The molecule has 0 radical (unpaired) electrons. The van der Waals surface area contributed by atoms with E-state index in [1.54, 1.807) is 23.5 Å². The number of halogens is 2. The SMILES string of the molecule is CC(Oc1cccc(Cl)c1)C(O)Cc1cc(Br)cs1. The first-order valence-electron chi connectivity index (χ1n) is 5.88.